The second-order valence-corrected chi connectivity index (χ2v) is 3.71. The van der Waals surface area contributed by atoms with E-state index in [1.165, 1.54) is 6.07 Å². The summed E-state index contributed by atoms with van der Waals surface area (Å²) < 4.78 is 26.4. The number of carbonyl (C=O) groups is 1. The molecular weight excluding hydrogens is 200 g/mol. The highest BCUT2D eigenvalue weighted by atomic mass is 19.1. The Balaban J connectivity index is 2.45. The lowest BCUT2D eigenvalue weighted by Crippen LogP contribution is -1.91. The van der Waals surface area contributed by atoms with E-state index in [1.54, 1.807) is 0 Å². The fourth-order valence-electron chi connectivity index (χ4n) is 2.17. The van der Waals surface area contributed by atoms with Gasteiger partial charge in [0.1, 0.15) is 11.6 Å². The van der Waals surface area contributed by atoms with Gasteiger partial charge in [-0.2, -0.15) is 0 Å². The van der Waals surface area contributed by atoms with Crippen molar-refractivity contribution >= 4 is 16.7 Å². The lowest BCUT2D eigenvalue weighted by Gasteiger charge is -1.96. The molecule has 0 atom stereocenters. The van der Waals surface area contributed by atoms with E-state index in [0.29, 0.717) is 35.0 Å². The van der Waals surface area contributed by atoms with Gasteiger partial charge in [0.25, 0.3) is 0 Å². The first kappa shape index (κ1) is 8.59. The van der Waals surface area contributed by atoms with Gasteiger partial charge in [-0.15, -0.1) is 0 Å². The van der Waals surface area contributed by atoms with Crippen LogP contribution in [0.15, 0.2) is 12.1 Å². The van der Waals surface area contributed by atoms with E-state index in [4.69, 9.17) is 0 Å². The molecule has 1 heterocycles. The van der Waals surface area contributed by atoms with Crippen molar-refractivity contribution in [2.75, 3.05) is 0 Å². The molecule has 0 radical (unpaired) electrons. The third kappa shape index (κ3) is 1.04. The Morgan fingerprint density at radius 2 is 2.00 bits per heavy atom. The van der Waals surface area contributed by atoms with E-state index < -0.39 is 11.6 Å². The molecule has 3 rings (SSSR count). The molecule has 0 saturated heterocycles. The van der Waals surface area contributed by atoms with Crippen LogP contribution in [-0.2, 0) is 6.42 Å². The zero-order chi connectivity index (χ0) is 10.6. The quantitative estimate of drug-likeness (QED) is 0.707. The summed E-state index contributed by atoms with van der Waals surface area (Å²) in [7, 11) is 0. The minimum atomic E-state index is -0.632. The Morgan fingerprint density at radius 1 is 1.20 bits per heavy atom. The molecule has 1 aromatic carbocycles. The number of ketones is 1. The summed E-state index contributed by atoms with van der Waals surface area (Å²) in [5.41, 5.74) is 1.49. The van der Waals surface area contributed by atoms with Gasteiger partial charge in [-0.3, -0.25) is 4.79 Å². The molecule has 1 aromatic heterocycles. The Hall–Kier alpha value is -1.71. The van der Waals surface area contributed by atoms with Gasteiger partial charge in [-0.25, -0.2) is 8.78 Å². The molecule has 0 bridgehead atoms. The maximum atomic E-state index is 13.5. The Bertz CT molecular complexity index is 586. The monoisotopic (exact) mass is 207 g/mol. The number of nitrogens with one attached hydrogen (secondary N) is 1. The smallest absolute Gasteiger partial charge is 0.179 e. The van der Waals surface area contributed by atoms with Crippen LogP contribution in [0.1, 0.15) is 22.5 Å². The van der Waals surface area contributed by atoms with Gasteiger partial charge < -0.3 is 4.98 Å². The number of benzene rings is 1. The number of fused-ring (bicyclic) bond motifs is 3. The van der Waals surface area contributed by atoms with Gasteiger partial charge in [0.2, 0.25) is 0 Å². The molecule has 4 heteroatoms. The first-order chi connectivity index (χ1) is 7.16. The van der Waals surface area contributed by atoms with E-state index in [-0.39, 0.29) is 5.78 Å². The number of halogens is 2. The fourth-order valence-corrected chi connectivity index (χ4v) is 2.17. The van der Waals surface area contributed by atoms with Crippen molar-refractivity contribution in [3.05, 3.63) is 35.0 Å². The zero-order valence-electron chi connectivity index (χ0n) is 7.73. The molecule has 2 aromatic rings. The molecule has 2 nitrogen and oxygen atoms in total. The number of H-pyrrole nitrogens is 1. The topological polar surface area (TPSA) is 32.9 Å². The molecule has 0 fully saturated rings. The van der Waals surface area contributed by atoms with E-state index in [9.17, 15) is 13.6 Å². The highest BCUT2D eigenvalue weighted by Gasteiger charge is 2.26. The largest absolute Gasteiger partial charge is 0.352 e. The van der Waals surface area contributed by atoms with Crippen LogP contribution in [0.5, 0.6) is 0 Å². The van der Waals surface area contributed by atoms with Gasteiger partial charge in [-0.05, 0) is 18.1 Å². The van der Waals surface area contributed by atoms with E-state index in [0.717, 1.165) is 6.07 Å². The number of carbonyl (C=O) groups excluding carboxylic acids is 1. The minimum Gasteiger partial charge on any atom is -0.352 e. The average molecular weight is 207 g/mol. The molecular formula is C11H7F2NO. The lowest BCUT2D eigenvalue weighted by atomic mass is 10.1. The molecule has 0 aliphatic heterocycles. The predicted molar refractivity (Wildman–Crippen MR) is 50.9 cm³/mol. The highest BCUT2D eigenvalue weighted by molar-refractivity contribution is 6.05. The molecule has 1 aliphatic rings. The molecule has 0 saturated carbocycles. The van der Waals surface area contributed by atoms with Crippen LogP contribution in [0, 0.1) is 11.6 Å². The predicted octanol–water partition coefficient (Wildman–Crippen LogP) is 2.58. The van der Waals surface area contributed by atoms with Crippen molar-refractivity contribution in [1.29, 1.82) is 0 Å². The second kappa shape index (κ2) is 2.66. The van der Waals surface area contributed by atoms with Gasteiger partial charge in [0.15, 0.2) is 5.78 Å². The van der Waals surface area contributed by atoms with Crippen molar-refractivity contribution in [1.82, 2.24) is 4.98 Å². The molecule has 76 valence electrons. The first-order valence-electron chi connectivity index (χ1n) is 4.69. The van der Waals surface area contributed by atoms with Gasteiger partial charge in [0, 0.05) is 17.9 Å². The molecule has 0 amide bonds. The normalized spacial score (nSPS) is 14.9. The zero-order valence-corrected chi connectivity index (χ0v) is 7.73. The number of hydrogen-bond acceptors (Lipinski definition) is 1. The fraction of sp³-hybridized carbons (Fsp3) is 0.182. The second-order valence-electron chi connectivity index (χ2n) is 3.71. The summed E-state index contributed by atoms with van der Waals surface area (Å²) in [6.07, 6.45) is 0.949. The number of aryl methyl sites for hydroxylation is 1. The van der Waals surface area contributed by atoms with E-state index in [1.807, 2.05) is 0 Å². The summed E-state index contributed by atoms with van der Waals surface area (Å²) >= 11 is 0. The molecule has 0 spiro atoms. The van der Waals surface area contributed by atoms with Crippen molar-refractivity contribution in [2.45, 2.75) is 12.8 Å². The third-order valence-electron chi connectivity index (χ3n) is 2.80. The van der Waals surface area contributed by atoms with Crippen LogP contribution in [0.2, 0.25) is 0 Å². The SMILES string of the molecule is O=C1CCc2c1[nH]c1cc(F)cc(F)c21. The standard InChI is InChI=1S/C11H7F2NO/c12-5-3-7(13)10-6-1-2-9(15)11(6)14-8(10)4-5/h3-4,14H,1-2H2. The number of rotatable bonds is 0. The minimum absolute atomic E-state index is 0.0268. The Morgan fingerprint density at radius 3 is 2.80 bits per heavy atom. The Labute approximate surface area is 83.9 Å². The van der Waals surface area contributed by atoms with Crippen LogP contribution in [0.25, 0.3) is 10.9 Å². The molecule has 0 unspecified atom stereocenters. The van der Waals surface area contributed by atoms with Gasteiger partial charge in [0.05, 0.1) is 11.2 Å². The van der Waals surface area contributed by atoms with E-state index in [2.05, 4.69) is 4.98 Å². The third-order valence-corrected chi connectivity index (χ3v) is 2.80. The van der Waals surface area contributed by atoms with E-state index >= 15 is 0 Å². The Kier molecular flexibility index (Phi) is 1.52. The van der Waals surface area contributed by atoms with Crippen LogP contribution in [0.3, 0.4) is 0 Å². The summed E-state index contributed by atoms with van der Waals surface area (Å²) in [6, 6.07) is 2.06. The number of hydrogen-bond donors (Lipinski definition) is 1. The van der Waals surface area contributed by atoms with Crippen LogP contribution in [0.4, 0.5) is 8.78 Å². The lowest BCUT2D eigenvalue weighted by molar-refractivity contribution is 0.0990. The first-order valence-corrected chi connectivity index (χ1v) is 4.69. The van der Waals surface area contributed by atoms with Crippen molar-refractivity contribution < 1.29 is 13.6 Å². The van der Waals surface area contributed by atoms with Gasteiger partial charge in [-0.1, -0.05) is 0 Å². The van der Waals surface area contributed by atoms with Gasteiger partial charge >= 0.3 is 0 Å². The maximum absolute atomic E-state index is 13.5. The van der Waals surface area contributed by atoms with Crippen molar-refractivity contribution in [3.8, 4) is 0 Å². The average Bonchev–Trinajstić information content (AvgIpc) is 2.66. The summed E-state index contributed by atoms with van der Waals surface area (Å²) in [4.78, 5) is 14.2. The molecule has 1 aliphatic carbocycles. The number of aromatic nitrogens is 1. The van der Waals surface area contributed by atoms with Crippen molar-refractivity contribution in [3.63, 3.8) is 0 Å². The highest BCUT2D eigenvalue weighted by Crippen LogP contribution is 2.32. The summed E-state index contributed by atoms with van der Waals surface area (Å²) in [6.45, 7) is 0. The summed E-state index contributed by atoms with van der Waals surface area (Å²) in [5, 5.41) is 0.359. The number of aromatic amines is 1. The van der Waals surface area contributed by atoms with Crippen LogP contribution < -0.4 is 0 Å². The number of Topliss-reactive ketones (excluding diaryl/α,β-unsaturated/α-hetero) is 1. The molecule has 15 heavy (non-hydrogen) atoms. The van der Waals surface area contributed by atoms with Crippen molar-refractivity contribution in [2.24, 2.45) is 0 Å². The molecule has 1 N–H and O–H groups in total. The summed E-state index contributed by atoms with van der Waals surface area (Å²) in [5.74, 6) is -1.26. The maximum Gasteiger partial charge on any atom is 0.179 e. The van der Waals surface area contributed by atoms with Crippen LogP contribution >= 0.6 is 0 Å². The van der Waals surface area contributed by atoms with Crippen LogP contribution in [-0.4, -0.2) is 10.8 Å².